The van der Waals surface area contributed by atoms with Crippen molar-refractivity contribution in [3.05, 3.63) is 54.1 Å². The Kier molecular flexibility index (Phi) is 12.6. The number of carbonyl (C=O) groups is 4. The maximum Gasteiger partial charge on any atom is 0.326 e. The lowest BCUT2D eigenvalue weighted by Crippen LogP contribution is -2.58. The second-order valence-electron chi connectivity index (χ2n) is 8.57. The molecule has 0 saturated carbocycles. The average molecular weight is 534 g/mol. The molecule has 3 amide bonds. The number of nitrogens with one attached hydrogen (secondary N) is 4. The average Bonchev–Trinajstić information content (AvgIpc) is 3.40. The molecule has 0 radical (unpaired) electrons. The largest absolute Gasteiger partial charge is 0.480 e. The van der Waals surface area contributed by atoms with Crippen LogP contribution in [0.15, 0.2) is 42.9 Å². The first-order chi connectivity index (χ1) is 17.7. The summed E-state index contributed by atoms with van der Waals surface area (Å²) in [6.07, 6.45) is 4.45. The normalized spacial score (nSPS) is 14.1. The first-order valence-corrected chi connectivity index (χ1v) is 12.6. The molecule has 13 heteroatoms. The van der Waals surface area contributed by atoms with Gasteiger partial charge in [0.25, 0.3) is 0 Å². The van der Waals surface area contributed by atoms with E-state index in [4.69, 9.17) is 11.5 Å². The highest BCUT2D eigenvalue weighted by atomic mass is 32.1. The van der Waals surface area contributed by atoms with Crippen molar-refractivity contribution in [2.75, 3.05) is 12.3 Å². The Labute approximate surface area is 220 Å². The number of aromatic amines is 1. The highest BCUT2D eigenvalue weighted by molar-refractivity contribution is 7.80. The number of carbonyl (C=O) groups excluding carboxylic acids is 3. The maximum absolute atomic E-state index is 13.2. The number of unbranched alkanes of at least 4 members (excludes halogenated alkanes) is 1. The summed E-state index contributed by atoms with van der Waals surface area (Å²) < 4.78 is 0. The number of thiol groups is 1. The molecule has 0 bridgehead atoms. The van der Waals surface area contributed by atoms with Gasteiger partial charge in [0.2, 0.25) is 17.7 Å². The van der Waals surface area contributed by atoms with Crippen LogP contribution in [0, 0.1) is 0 Å². The molecular weight excluding hydrogens is 498 g/mol. The van der Waals surface area contributed by atoms with Gasteiger partial charge in [-0.05, 0) is 31.4 Å². The minimum Gasteiger partial charge on any atom is -0.480 e. The summed E-state index contributed by atoms with van der Waals surface area (Å²) in [5.74, 6) is -2.95. The van der Waals surface area contributed by atoms with E-state index < -0.39 is 47.9 Å². The molecule has 0 aliphatic heterocycles. The van der Waals surface area contributed by atoms with Gasteiger partial charge in [-0.25, -0.2) is 9.78 Å². The number of aromatic nitrogens is 2. The van der Waals surface area contributed by atoms with E-state index in [-0.39, 0.29) is 25.0 Å². The lowest BCUT2D eigenvalue weighted by Gasteiger charge is -2.25. The standard InChI is InChI=1S/C24H35N7O5S/c25-9-5-4-8-18(29-21(32)17(26)13-37)22(33)30-19(10-15-6-2-1-3-7-15)23(34)31-20(24(35)36)11-16-12-27-14-28-16/h1-3,6-7,12,14,17-20,37H,4-5,8-11,13,25-26H2,(H,27,28)(H,29,32)(H,30,33)(H,31,34)(H,35,36). The number of nitrogens with two attached hydrogens (primary N) is 2. The molecule has 2 aromatic rings. The second kappa shape index (κ2) is 15.6. The molecule has 12 nitrogen and oxygen atoms in total. The van der Waals surface area contributed by atoms with Crippen molar-refractivity contribution in [3.63, 3.8) is 0 Å². The van der Waals surface area contributed by atoms with E-state index in [0.29, 0.717) is 25.1 Å². The summed E-state index contributed by atoms with van der Waals surface area (Å²) in [6.45, 7) is 0.421. The summed E-state index contributed by atoms with van der Waals surface area (Å²) in [5.41, 5.74) is 12.6. The molecule has 0 aliphatic rings. The molecule has 2 rings (SSSR count). The summed E-state index contributed by atoms with van der Waals surface area (Å²) in [4.78, 5) is 57.3. The van der Waals surface area contributed by atoms with Crippen LogP contribution in [0.3, 0.4) is 0 Å². The van der Waals surface area contributed by atoms with Crippen LogP contribution in [0.1, 0.15) is 30.5 Å². The van der Waals surface area contributed by atoms with Crippen LogP contribution in [0.25, 0.3) is 0 Å². The molecule has 202 valence electrons. The van der Waals surface area contributed by atoms with E-state index >= 15 is 0 Å². The highest BCUT2D eigenvalue weighted by Gasteiger charge is 2.30. The van der Waals surface area contributed by atoms with Crippen molar-refractivity contribution < 1.29 is 24.3 Å². The van der Waals surface area contributed by atoms with Gasteiger partial charge in [-0.3, -0.25) is 14.4 Å². The molecule has 37 heavy (non-hydrogen) atoms. The lowest BCUT2D eigenvalue weighted by molar-refractivity contribution is -0.142. The summed E-state index contributed by atoms with van der Waals surface area (Å²) in [6, 6.07) is 4.75. The van der Waals surface area contributed by atoms with Crippen LogP contribution in [-0.4, -0.2) is 75.2 Å². The minimum absolute atomic E-state index is 0.0214. The molecule has 0 saturated heterocycles. The molecule has 1 aromatic heterocycles. The van der Waals surface area contributed by atoms with Crippen molar-refractivity contribution >= 4 is 36.3 Å². The number of hydrogen-bond donors (Lipinski definition) is 8. The number of H-pyrrole nitrogens is 1. The zero-order chi connectivity index (χ0) is 27.2. The molecule has 0 aliphatic carbocycles. The molecule has 1 heterocycles. The van der Waals surface area contributed by atoms with Gasteiger partial charge in [0.1, 0.15) is 18.1 Å². The van der Waals surface area contributed by atoms with Crippen LogP contribution >= 0.6 is 12.6 Å². The number of benzene rings is 1. The van der Waals surface area contributed by atoms with E-state index in [1.807, 2.05) is 6.07 Å². The predicted octanol–water partition coefficient (Wildman–Crippen LogP) is -0.880. The maximum atomic E-state index is 13.2. The van der Waals surface area contributed by atoms with Gasteiger partial charge in [0.05, 0.1) is 12.4 Å². The Morgan fingerprint density at radius 3 is 2.19 bits per heavy atom. The molecule has 0 spiro atoms. The quantitative estimate of drug-likeness (QED) is 0.100. The van der Waals surface area contributed by atoms with Crippen LogP contribution < -0.4 is 27.4 Å². The lowest BCUT2D eigenvalue weighted by atomic mass is 10.0. The van der Waals surface area contributed by atoms with Gasteiger partial charge in [0.15, 0.2) is 0 Å². The molecule has 9 N–H and O–H groups in total. The van der Waals surface area contributed by atoms with E-state index in [1.54, 1.807) is 24.3 Å². The number of hydrogen-bond acceptors (Lipinski definition) is 8. The van der Waals surface area contributed by atoms with Crippen molar-refractivity contribution in [1.82, 2.24) is 25.9 Å². The van der Waals surface area contributed by atoms with Crippen LogP contribution in [0.2, 0.25) is 0 Å². The number of amides is 3. The van der Waals surface area contributed by atoms with Crippen LogP contribution in [0.4, 0.5) is 0 Å². The van der Waals surface area contributed by atoms with E-state index in [9.17, 15) is 24.3 Å². The van der Waals surface area contributed by atoms with Crippen molar-refractivity contribution in [1.29, 1.82) is 0 Å². The Morgan fingerprint density at radius 1 is 0.946 bits per heavy atom. The van der Waals surface area contributed by atoms with Gasteiger partial charge in [-0.2, -0.15) is 12.6 Å². The highest BCUT2D eigenvalue weighted by Crippen LogP contribution is 2.08. The first-order valence-electron chi connectivity index (χ1n) is 12.0. The van der Waals surface area contributed by atoms with E-state index in [2.05, 4.69) is 38.5 Å². The minimum atomic E-state index is -1.25. The van der Waals surface area contributed by atoms with Crippen LogP contribution in [-0.2, 0) is 32.0 Å². The molecule has 4 unspecified atom stereocenters. The van der Waals surface area contributed by atoms with Gasteiger partial charge in [0, 0.05) is 30.5 Å². The van der Waals surface area contributed by atoms with Crippen molar-refractivity contribution in [2.45, 2.75) is 56.3 Å². The number of carboxylic acid groups (broad SMARTS) is 1. The van der Waals surface area contributed by atoms with Crippen molar-refractivity contribution in [2.24, 2.45) is 11.5 Å². The van der Waals surface area contributed by atoms with Gasteiger partial charge in [-0.15, -0.1) is 0 Å². The first kappa shape index (κ1) is 29.8. The Balaban J connectivity index is 2.21. The third-order valence-corrected chi connectivity index (χ3v) is 6.02. The zero-order valence-electron chi connectivity index (χ0n) is 20.4. The van der Waals surface area contributed by atoms with Gasteiger partial charge >= 0.3 is 5.97 Å². The van der Waals surface area contributed by atoms with E-state index in [1.165, 1.54) is 12.5 Å². The van der Waals surface area contributed by atoms with Crippen molar-refractivity contribution in [3.8, 4) is 0 Å². The topological polar surface area (TPSA) is 205 Å². The summed E-state index contributed by atoms with van der Waals surface area (Å²) in [7, 11) is 0. The fraction of sp³-hybridized carbons (Fsp3) is 0.458. The Bertz CT molecular complexity index is 1010. The number of rotatable bonds is 16. The second-order valence-corrected chi connectivity index (χ2v) is 8.93. The number of carboxylic acids is 1. The van der Waals surface area contributed by atoms with Crippen LogP contribution in [0.5, 0.6) is 0 Å². The Hall–Kier alpha value is -3.42. The fourth-order valence-corrected chi connectivity index (χ4v) is 3.71. The number of aliphatic carboxylic acids is 1. The third kappa shape index (κ3) is 10.2. The fourth-order valence-electron chi connectivity index (χ4n) is 3.54. The van der Waals surface area contributed by atoms with E-state index in [0.717, 1.165) is 5.56 Å². The van der Waals surface area contributed by atoms with Gasteiger partial charge in [-0.1, -0.05) is 30.3 Å². The predicted molar refractivity (Wildman–Crippen MR) is 141 cm³/mol. The summed E-state index contributed by atoms with van der Waals surface area (Å²) >= 11 is 4.02. The Morgan fingerprint density at radius 2 is 1.59 bits per heavy atom. The van der Waals surface area contributed by atoms with Gasteiger partial charge < -0.3 is 37.5 Å². The third-order valence-electron chi connectivity index (χ3n) is 5.62. The molecule has 4 atom stereocenters. The number of nitrogens with zero attached hydrogens (tertiary/aromatic N) is 1. The number of imidazole rings is 1. The summed E-state index contributed by atoms with van der Waals surface area (Å²) in [5, 5.41) is 17.5. The molecular formula is C24H35N7O5S. The zero-order valence-corrected chi connectivity index (χ0v) is 21.3. The SMILES string of the molecule is NCCCCC(NC(=O)C(N)CS)C(=O)NC(Cc1ccccc1)C(=O)NC(Cc1cnc[nH]1)C(=O)O. The smallest absolute Gasteiger partial charge is 0.326 e. The molecule has 1 aromatic carbocycles. The monoisotopic (exact) mass is 533 g/mol. The molecule has 0 fully saturated rings.